The van der Waals surface area contributed by atoms with E-state index in [9.17, 15) is 9.59 Å². The lowest BCUT2D eigenvalue weighted by Gasteiger charge is -2.11. The Morgan fingerprint density at radius 3 is 2.45 bits per heavy atom. The van der Waals surface area contributed by atoms with Crippen LogP contribution in [-0.4, -0.2) is 21.7 Å². The molecular weight excluding hydrogens is 300 g/mol. The smallest absolute Gasteiger partial charge is 0.261 e. The molecule has 108 valence electrons. The molecule has 0 N–H and O–H groups in total. The first kappa shape index (κ1) is 13.0. The minimum absolute atomic E-state index is 0.181. The van der Waals surface area contributed by atoms with Crippen molar-refractivity contribution in [3.05, 3.63) is 65.1 Å². The van der Waals surface area contributed by atoms with Crippen molar-refractivity contribution in [2.24, 2.45) is 0 Å². The standard InChI is InChI=1S/C16H10N2O3S/c19-15-12-3-1-2-4-13(12)16(20)18(15)7-11-9-22-14(17-11)10-5-6-21-8-10/h1-6,8-9H,7H2. The maximum Gasteiger partial charge on any atom is 0.261 e. The largest absolute Gasteiger partial charge is 0.472 e. The molecule has 2 aromatic heterocycles. The van der Waals surface area contributed by atoms with Crippen molar-refractivity contribution in [2.75, 3.05) is 0 Å². The number of furan rings is 1. The van der Waals surface area contributed by atoms with Crippen molar-refractivity contribution in [3.8, 4) is 10.6 Å². The second-order valence-corrected chi connectivity index (χ2v) is 5.76. The average Bonchev–Trinajstić information content (AvgIpc) is 3.25. The molecule has 5 nitrogen and oxygen atoms in total. The van der Waals surface area contributed by atoms with Gasteiger partial charge in [-0.15, -0.1) is 11.3 Å². The fraction of sp³-hybridized carbons (Fsp3) is 0.0625. The van der Waals surface area contributed by atoms with Gasteiger partial charge in [0.25, 0.3) is 11.8 Å². The van der Waals surface area contributed by atoms with Crippen molar-refractivity contribution >= 4 is 23.2 Å². The summed E-state index contributed by atoms with van der Waals surface area (Å²) >= 11 is 1.46. The van der Waals surface area contributed by atoms with E-state index in [0.29, 0.717) is 16.8 Å². The summed E-state index contributed by atoms with van der Waals surface area (Å²) in [4.78, 5) is 30.3. The van der Waals surface area contributed by atoms with E-state index >= 15 is 0 Å². The zero-order chi connectivity index (χ0) is 15.1. The Hall–Kier alpha value is -2.73. The van der Waals surface area contributed by atoms with Gasteiger partial charge in [0, 0.05) is 10.9 Å². The van der Waals surface area contributed by atoms with Gasteiger partial charge >= 0.3 is 0 Å². The van der Waals surface area contributed by atoms with Crippen LogP contribution < -0.4 is 0 Å². The average molecular weight is 310 g/mol. The zero-order valence-electron chi connectivity index (χ0n) is 11.4. The van der Waals surface area contributed by atoms with Crippen LogP contribution in [0.1, 0.15) is 26.4 Å². The number of carbonyl (C=O) groups excluding carboxylic acids is 2. The highest BCUT2D eigenvalue weighted by Crippen LogP contribution is 2.27. The first-order valence-corrected chi connectivity index (χ1v) is 7.54. The fourth-order valence-electron chi connectivity index (χ4n) is 2.44. The van der Waals surface area contributed by atoms with Crippen LogP contribution in [0.3, 0.4) is 0 Å². The maximum atomic E-state index is 12.3. The quantitative estimate of drug-likeness (QED) is 0.697. The molecule has 0 atom stereocenters. The predicted molar refractivity (Wildman–Crippen MR) is 80.5 cm³/mol. The molecule has 1 aliphatic rings. The molecular formula is C16H10N2O3S. The van der Waals surface area contributed by atoms with Gasteiger partial charge in [0.1, 0.15) is 11.3 Å². The highest BCUT2D eigenvalue weighted by atomic mass is 32.1. The number of hydrogen-bond donors (Lipinski definition) is 0. The van der Waals surface area contributed by atoms with Crippen molar-refractivity contribution in [3.63, 3.8) is 0 Å². The van der Waals surface area contributed by atoms with Gasteiger partial charge in [-0.1, -0.05) is 12.1 Å². The number of rotatable bonds is 3. The molecule has 0 aliphatic carbocycles. The number of hydrogen-bond acceptors (Lipinski definition) is 5. The third-order valence-electron chi connectivity index (χ3n) is 3.52. The van der Waals surface area contributed by atoms with Gasteiger partial charge in [-0.05, 0) is 18.2 Å². The first-order valence-electron chi connectivity index (χ1n) is 6.66. The minimum atomic E-state index is -0.265. The van der Waals surface area contributed by atoms with E-state index in [-0.39, 0.29) is 18.4 Å². The zero-order valence-corrected chi connectivity index (χ0v) is 12.2. The summed E-state index contributed by atoms with van der Waals surface area (Å²) in [6.45, 7) is 0.181. The SMILES string of the molecule is O=C1c2ccccc2C(=O)N1Cc1csc(-c2ccoc2)n1. The van der Waals surface area contributed by atoms with Crippen molar-refractivity contribution in [1.29, 1.82) is 0 Å². The summed E-state index contributed by atoms with van der Waals surface area (Å²) < 4.78 is 5.04. The molecule has 0 saturated heterocycles. The Balaban J connectivity index is 1.60. The lowest BCUT2D eigenvalue weighted by Crippen LogP contribution is -2.29. The van der Waals surface area contributed by atoms with Crippen LogP contribution in [0.4, 0.5) is 0 Å². The molecule has 1 aromatic carbocycles. The van der Waals surface area contributed by atoms with E-state index in [2.05, 4.69) is 4.98 Å². The number of fused-ring (bicyclic) bond motifs is 1. The lowest BCUT2D eigenvalue weighted by molar-refractivity contribution is 0.0640. The Labute approximate surface area is 129 Å². The van der Waals surface area contributed by atoms with Gasteiger partial charge in [0.05, 0.1) is 29.6 Å². The number of aromatic nitrogens is 1. The van der Waals surface area contributed by atoms with Crippen LogP contribution in [0.2, 0.25) is 0 Å². The Morgan fingerprint density at radius 2 is 1.82 bits per heavy atom. The van der Waals surface area contributed by atoms with Gasteiger partial charge in [-0.2, -0.15) is 0 Å². The van der Waals surface area contributed by atoms with Gasteiger partial charge in [0.15, 0.2) is 0 Å². The summed E-state index contributed by atoms with van der Waals surface area (Å²) in [5.41, 5.74) is 2.49. The van der Waals surface area contributed by atoms with E-state index in [4.69, 9.17) is 4.42 Å². The van der Waals surface area contributed by atoms with Crippen molar-refractivity contribution in [1.82, 2.24) is 9.88 Å². The van der Waals surface area contributed by atoms with Gasteiger partial charge in [-0.25, -0.2) is 4.98 Å². The molecule has 0 spiro atoms. The fourth-order valence-corrected chi connectivity index (χ4v) is 3.24. The summed E-state index contributed by atoms with van der Waals surface area (Å²) in [5.74, 6) is -0.531. The van der Waals surface area contributed by atoms with E-state index in [1.165, 1.54) is 16.2 Å². The number of thiazole rings is 1. The molecule has 22 heavy (non-hydrogen) atoms. The minimum Gasteiger partial charge on any atom is -0.472 e. The summed E-state index contributed by atoms with van der Waals surface area (Å²) in [6, 6.07) is 8.69. The number of imide groups is 1. The van der Waals surface area contributed by atoms with Crippen LogP contribution in [0, 0.1) is 0 Å². The molecule has 3 heterocycles. The molecule has 6 heteroatoms. The van der Waals surface area contributed by atoms with Crippen molar-refractivity contribution < 1.29 is 14.0 Å². The third-order valence-corrected chi connectivity index (χ3v) is 4.46. The molecule has 4 rings (SSSR count). The number of carbonyl (C=O) groups is 2. The molecule has 3 aromatic rings. The second kappa shape index (κ2) is 4.92. The van der Waals surface area contributed by atoms with E-state index < -0.39 is 0 Å². The van der Waals surface area contributed by atoms with E-state index in [0.717, 1.165) is 10.6 Å². The number of amides is 2. The predicted octanol–water partition coefficient (Wildman–Crippen LogP) is 3.20. The summed E-state index contributed by atoms with van der Waals surface area (Å²) in [7, 11) is 0. The molecule has 0 bridgehead atoms. The molecule has 0 unspecified atom stereocenters. The molecule has 1 aliphatic heterocycles. The van der Waals surface area contributed by atoms with Crippen LogP contribution in [0.5, 0.6) is 0 Å². The van der Waals surface area contributed by atoms with Crippen LogP contribution in [-0.2, 0) is 6.54 Å². The molecule has 0 radical (unpaired) electrons. The topological polar surface area (TPSA) is 63.4 Å². The highest BCUT2D eigenvalue weighted by molar-refractivity contribution is 7.13. The van der Waals surface area contributed by atoms with Crippen LogP contribution in [0.15, 0.2) is 52.7 Å². The molecule has 0 fully saturated rings. The molecule has 2 amide bonds. The summed E-state index contributed by atoms with van der Waals surface area (Å²) in [5, 5.41) is 2.66. The van der Waals surface area contributed by atoms with Gasteiger partial charge < -0.3 is 4.42 Å². The summed E-state index contributed by atoms with van der Waals surface area (Å²) in [6.07, 6.45) is 3.20. The van der Waals surface area contributed by atoms with Gasteiger partial charge in [0.2, 0.25) is 0 Å². The molecule has 0 saturated carbocycles. The Bertz CT molecular complexity index is 832. The Morgan fingerprint density at radius 1 is 1.09 bits per heavy atom. The second-order valence-electron chi connectivity index (χ2n) is 4.90. The van der Waals surface area contributed by atoms with Crippen LogP contribution in [0.25, 0.3) is 10.6 Å². The number of benzene rings is 1. The van der Waals surface area contributed by atoms with Gasteiger partial charge in [-0.3, -0.25) is 14.5 Å². The van der Waals surface area contributed by atoms with E-state index in [1.54, 1.807) is 36.8 Å². The third kappa shape index (κ3) is 1.96. The van der Waals surface area contributed by atoms with Crippen molar-refractivity contribution in [2.45, 2.75) is 6.54 Å². The Kier molecular flexibility index (Phi) is 2.90. The monoisotopic (exact) mass is 310 g/mol. The first-order chi connectivity index (χ1) is 10.7. The maximum absolute atomic E-state index is 12.3. The highest BCUT2D eigenvalue weighted by Gasteiger charge is 2.35. The normalized spacial score (nSPS) is 13.7. The number of nitrogens with zero attached hydrogens (tertiary/aromatic N) is 2. The lowest BCUT2D eigenvalue weighted by atomic mass is 10.1. The van der Waals surface area contributed by atoms with E-state index in [1.807, 2.05) is 11.4 Å². The van der Waals surface area contributed by atoms with Crippen LogP contribution >= 0.6 is 11.3 Å².